The summed E-state index contributed by atoms with van der Waals surface area (Å²) in [5, 5.41) is 1.96. The quantitative estimate of drug-likeness (QED) is 0.533. The molecule has 1 aliphatic rings. The van der Waals surface area contributed by atoms with Crippen LogP contribution in [0.5, 0.6) is 0 Å². The largest absolute Gasteiger partial charge is 0.284 e. The van der Waals surface area contributed by atoms with Crippen LogP contribution in [0, 0.1) is 6.92 Å². The number of carbonyl (C=O) groups excluding carboxylic acids is 2. The van der Waals surface area contributed by atoms with E-state index >= 15 is 0 Å². The number of fused-ring (bicyclic) bond motifs is 3. The first-order chi connectivity index (χ1) is 11.6. The fourth-order valence-corrected chi connectivity index (χ4v) is 3.83. The maximum absolute atomic E-state index is 13.2. The maximum Gasteiger partial charge on any atom is 0.254 e. The summed E-state index contributed by atoms with van der Waals surface area (Å²) in [5.41, 5.74) is 2.09. The Morgan fingerprint density at radius 1 is 0.958 bits per heavy atom. The van der Waals surface area contributed by atoms with Gasteiger partial charge in [0.05, 0.1) is 13.1 Å². The summed E-state index contributed by atoms with van der Waals surface area (Å²) in [6.07, 6.45) is 0. The van der Waals surface area contributed by atoms with E-state index in [-0.39, 0.29) is 11.6 Å². The van der Waals surface area contributed by atoms with Gasteiger partial charge in [0.15, 0.2) is 0 Å². The van der Waals surface area contributed by atoms with Gasteiger partial charge in [-0.15, -0.1) is 0 Å². The van der Waals surface area contributed by atoms with Crippen molar-refractivity contribution in [3.05, 3.63) is 64.7 Å². The summed E-state index contributed by atoms with van der Waals surface area (Å²) in [7, 11) is 0. The lowest BCUT2D eigenvalue weighted by atomic mass is 9.87. The Hall–Kier alpha value is -2.75. The van der Waals surface area contributed by atoms with Crippen molar-refractivity contribution in [3.63, 3.8) is 0 Å². The highest BCUT2D eigenvalue weighted by molar-refractivity contribution is 6.27. The Bertz CT molecular complexity index is 948. The van der Waals surface area contributed by atoms with Crippen LogP contribution in [0.1, 0.15) is 51.8 Å². The van der Waals surface area contributed by atoms with Crippen LogP contribution < -0.4 is 4.57 Å². The molecule has 0 bridgehead atoms. The molecule has 0 N–H and O–H groups in total. The van der Waals surface area contributed by atoms with E-state index in [1.165, 1.54) is 0 Å². The number of rotatable bonds is 2. The van der Waals surface area contributed by atoms with Crippen LogP contribution in [0.2, 0.25) is 0 Å². The van der Waals surface area contributed by atoms with Gasteiger partial charge in [-0.3, -0.25) is 9.59 Å². The van der Waals surface area contributed by atoms with E-state index in [1.807, 2.05) is 66.3 Å². The van der Waals surface area contributed by atoms with Gasteiger partial charge < -0.3 is 0 Å². The molecule has 1 aromatic heterocycles. The molecule has 0 aliphatic heterocycles. The van der Waals surface area contributed by atoms with E-state index in [0.717, 1.165) is 16.6 Å². The highest BCUT2D eigenvalue weighted by Crippen LogP contribution is 2.30. The van der Waals surface area contributed by atoms with Crippen molar-refractivity contribution in [2.75, 3.05) is 0 Å². The smallest absolute Gasteiger partial charge is 0.254 e. The summed E-state index contributed by atoms with van der Waals surface area (Å²) < 4.78 is 3.91. The molecule has 4 rings (SSSR count). The Kier molecular flexibility index (Phi) is 3.17. The van der Waals surface area contributed by atoms with Gasteiger partial charge in [0.2, 0.25) is 23.0 Å². The first-order valence-electron chi connectivity index (χ1n) is 8.33. The Morgan fingerprint density at radius 2 is 1.54 bits per heavy atom. The summed E-state index contributed by atoms with van der Waals surface area (Å²) >= 11 is 0. The number of hydrogen-bond donors (Lipinski definition) is 0. The minimum atomic E-state index is -0.0532. The normalized spacial score (nSPS) is 13.3. The molecule has 0 amide bonds. The molecule has 0 fully saturated rings. The fraction of sp³-hybridized carbons (Fsp3) is 0.250. The zero-order valence-electron chi connectivity index (χ0n) is 14.1. The second-order valence-corrected chi connectivity index (χ2v) is 6.14. The third-order valence-electron chi connectivity index (χ3n) is 4.98. The molecule has 24 heavy (non-hydrogen) atoms. The third-order valence-corrected chi connectivity index (χ3v) is 4.98. The highest BCUT2D eigenvalue weighted by atomic mass is 16.1. The lowest BCUT2D eigenvalue weighted by Gasteiger charge is -2.14. The summed E-state index contributed by atoms with van der Waals surface area (Å²) in [6.45, 7) is 7.31. The topological polar surface area (TPSA) is 43.0 Å². The average Bonchev–Trinajstić information content (AvgIpc) is 2.90. The summed E-state index contributed by atoms with van der Waals surface area (Å²) in [5.74, 6) is 0.842. The Balaban J connectivity index is 2.08. The number of aromatic nitrogens is 2. The predicted octanol–water partition coefficient (Wildman–Crippen LogP) is 3.05. The SMILES string of the molecule is CCn1c2c([n+](CC)c1C)C(=O)c1cc3ccccc3cc1C2=O. The molecule has 0 atom stereocenters. The van der Waals surface area contributed by atoms with Gasteiger partial charge in [-0.1, -0.05) is 24.3 Å². The number of benzene rings is 2. The molecule has 120 valence electrons. The van der Waals surface area contributed by atoms with E-state index in [0.29, 0.717) is 35.6 Å². The number of ketones is 2. The first-order valence-corrected chi connectivity index (χ1v) is 8.33. The molecule has 0 saturated carbocycles. The lowest BCUT2D eigenvalue weighted by Crippen LogP contribution is -2.42. The van der Waals surface area contributed by atoms with Gasteiger partial charge in [0.25, 0.3) is 5.82 Å². The average molecular weight is 319 g/mol. The van der Waals surface area contributed by atoms with Crippen molar-refractivity contribution >= 4 is 22.3 Å². The zero-order chi connectivity index (χ0) is 17.0. The summed E-state index contributed by atoms with van der Waals surface area (Å²) in [4.78, 5) is 26.3. The van der Waals surface area contributed by atoms with Crippen LogP contribution in [0.25, 0.3) is 10.8 Å². The van der Waals surface area contributed by atoms with Gasteiger partial charge in [-0.2, -0.15) is 0 Å². The molecule has 3 aromatic rings. The molecule has 1 aliphatic carbocycles. The Labute approximate surface area is 140 Å². The van der Waals surface area contributed by atoms with Gasteiger partial charge in [0, 0.05) is 18.1 Å². The van der Waals surface area contributed by atoms with Gasteiger partial charge in [-0.25, -0.2) is 9.13 Å². The monoisotopic (exact) mass is 319 g/mol. The standard InChI is InChI=1S/C20H19N2O2/c1-4-21-12(3)22(5-2)18-17(21)19(23)15-10-13-8-6-7-9-14(13)11-16(15)20(18)24/h6-11H,4-5H2,1-3H3/q+1. The van der Waals surface area contributed by atoms with E-state index < -0.39 is 0 Å². The van der Waals surface area contributed by atoms with E-state index in [4.69, 9.17) is 0 Å². The number of hydrogen-bond acceptors (Lipinski definition) is 2. The van der Waals surface area contributed by atoms with E-state index in [1.54, 1.807) is 0 Å². The molecule has 0 unspecified atom stereocenters. The van der Waals surface area contributed by atoms with E-state index in [2.05, 4.69) is 0 Å². The second kappa shape index (κ2) is 5.13. The van der Waals surface area contributed by atoms with Crippen molar-refractivity contribution < 1.29 is 14.2 Å². The molecule has 0 spiro atoms. The highest BCUT2D eigenvalue weighted by Gasteiger charge is 2.42. The number of nitrogens with zero attached hydrogens (tertiary/aromatic N) is 2. The lowest BCUT2D eigenvalue weighted by molar-refractivity contribution is -0.700. The molecule has 0 radical (unpaired) electrons. The maximum atomic E-state index is 13.2. The van der Waals surface area contributed by atoms with Crippen molar-refractivity contribution in [1.29, 1.82) is 0 Å². The van der Waals surface area contributed by atoms with Crippen LogP contribution in [-0.2, 0) is 13.1 Å². The van der Waals surface area contributed by atoms with Gasteiger partial charge in [-0.05, 0) is 36.8 Å². The van der Waals surface area contributed by atoms with Crippen molar-refractivity contribution in [3.8, 4) is 0 Å². The molecule has 4 nitrogen and oxygen atoms in total. The van der Waals surface area contributed by atoms with Crippen LogP contribution >= 0.6 is 0 Å². The number of carbonyl (C=O) groups is 2. The molecule has 4 heteroatoms. The van der Waals surface area contributed by atoms with Gasteiger partial charge in [0.1, 0.15) is 0 Å². The van der Waals surface area contributed by atoms with E-state index in [9.17, 15) is 9.59 Å². The zero-order valence-corrected chi connectivity index (χ0v) is 14.1. The molecular formula is C20H19N2O2+. The first kappa shape index (κ1) is 14.8. The van der Waals surface area contributed by atoms with Crippen LogP contribution in [0.4, 0.5) is 0 Å². The Morgan fingerprint density at radius 3 is 2.08 bits per heavy atom. The summed E-state index contributed by atoms with van der Waals surface area (Å²) in [6, 6.07) is 11.5. The van der Waals surface area contributed by atoms with Crippen LogP contribution in [-0.4, -0.2) is 16.1 Å². The van der Waals surface area contributed by atoms with Crippen molar-refractivity contribution in [2.24, 2.45) is 0 Å². The third kappa shape index (κ3) is 1.77. The molecule has 1 heterocycles. The molecule has 2 aromatic carbocycles. The second-order valence-electron chi connectivity index (χ2n) is 6.14. The molecular weight excluding hydrogens is 300 g/mol. The van der Waals surface area contributed by atoms with Gasteiger partial charge >= 0.3 is 0 Å². The fourth-order valence-electron chi connectivity index (χ4n) is 3.83. The minimum Gasteiger partial charge on any atom is -0.284 e. The minimum absolute atomic E-state index is 0.0532. The molecule has 0 saturated heterocycles. The van der Waals surface area contributed by atoms with Crippen molar-refractivity contribution in [2.45, 2.75) is 33.9 Å². The number of imidazole rings is 1. The van der Waals surface area contributed by atoms with Crippen molar-refractivity contribution in [1.82, 2.24) is 4.57 Å². The van der Waals surface area contributed by atoms with Crippen LogP contribution in [0.3, 0.4) is 0 Å². The predicted molar refractivity (Wildman–Crippen MR) is 91.5 cm³/mol. The van der Waals surface area contributed by atoms with Crippen LogP contribution in [0.15, 0.2) is 36.4 Å².